The van der Waals surface area contributed by atoms with Crippen LogP contribution in [-0.2, 0) is 4.79 Å². The van der Waals surface area contributed by atoms with Gasteiger partial charge in [-0.25, -0.2) is 4.98 Å². The molecule has 0 aliphatic carbocycles. The number of hydrogen-bond donors (Lipinski definition) is 0. The van der Waals surface area contributed by atoms with Crippen molar-refractivity contribution >= 4 is 29.5 Å². The van der Waals surface area contributed by atoms with Crippen LogP contribution in [0.4, 0.5) is 5.69 Å². The fraction of sp³-hybridized carbons (Fsp3) is 0.0556. The number of rotatable bonds is 4. The van der Waals surface area contributed by atoms with E-state index < -0.39 is 5.97 Å². The monoisotopic (exact) mass is 340 g/mol. The molecule has 0 aliphatic heterocycles. The molecular weight excluding hydrogens is 328 g/mol. The second-order valence-corrected chi connectivity index (χ2v) is 5.32. The third-order valence-corrected chi connectivity index (χ3v) is 3.29. The van der Waals surface area contributed by atoms with Crippen molar-refractivity contribution in [3.8, 4) is 17.4 Å². The molecule has 1 aromatic heterocycles. The van der Waals surface area contributed by atoms with E-state index in [0.29, 0.717) is 22.3 Å². The van der Waals surface area contributed by atoms with Crippen molar-refractivity contribution in [3.63, 3.8) is 0 Å². The molecule has 0 atom stereocenters. The van der Waals surface area contributed by atoms with Crippen LogP contribution in [0, 0.1) is 0 Å². The molecule has 0 aliphatic rings. The quantitative estimate of drug-likeness (QED) is 0.511. The van der Waals surface area contributed by atoms with Gasteiger partial charge >= 0.3 is 11.9 Å². The van der Waals surface area contributed by atoms with Crippen LogP contribution in [0.15, 0.2) is 64.0 Å². The largest absolute Gasteiger partial charge is 0.405 e. The first kappa shape index (κ1) is 16.0. The Balaban J connectivity index is 1.94. The zero-order valence-electron chi connectivity index (χ0n) is 12.8. The molecule has 1 heterocycles. The SMILES string of the molecule is CC(=O)Oc1oc(-c2ccccc2)nc1C=Nc1ccc(Cl)cc1. The van der Waals surface area contributed by atoms with Gasteiger partial charge in [0.2, 0.25) is 5.89 Å². The van der Waals surface area contributed by atoms with Gasteiger partial charge in [-0.1, -0.05) is 29.8 Å². The first-order valence-electron chi connectivity index (χ1n) is 7.16. The summed E-state index contributed by atoms with van der Waals surface area (Å²) in [5.74, 6) is -0.129. The lowest BCUT2D eigenvalue weighted by Gasteiger charge is -1.96. The number of hydrogen-bond acceptors (Lipinski definition) is 5. The van der Waals surface area contributed by atoms with Crippen LogP contribution in [0.2, 0.25) is 5.02 Å². The summed E-state index contributed by atoms with van der Waals surface area (Å²) < 4.78 is 10.6. The molecule has 0 spiro atoms. The number of aliphatic imine (C=N–C) groups is 1. The number of benzene rings is 2. The van der Waals surface area contributed by atoms with E-state index >= 15 is 0 Å². The first-order chi connectivity index (χ1) is 11.6. The summed E-state index contributed by atoms with van der Waals surface area (Å²) in [7, 11) is 0. The average molecular weight is 341 g/mol. The highest BCUT2D eigenvalue weighted by atomic mass is 35.5. The Morgan fingerprint density at radius 1 is 1.17 bits per heavy atom. The number of aromatic nitrogens is 1. The molecule has 0 amide bonds. The van der Waals surface area contributed by atoms with Crippen LogP contribution in [0.3, 0.4) is 0 Å². The van der Waals surface area contributed by atoms with Crippen molar-refractivity contribution in [2.75, 3.05) is 0 Å². The highest BCUT2D eigenvalue weighted by Gasteiger charge is 2.16. The zero-order valence-corrected chi connectivity index (χ0v) is 13.5. The molecule has 0 fully saturated rings. The smallest absolute Gasteiger partial charge is 0.322 e. The van der Waals surface area contributed by atoms with Gasteiger partial charge in [-0.3, -0.25) is 9.79 Å². The van der Waals surface area contributed by atoms with Crippen LogP contribution >= 0.6 is 11.6 Å². The maximum atomic E-state index is 11.3. The van der Waals surface area contributed by atoms with Gasteiger partial charge in [0, 0.05) is 17.5 Å². The van der Waals surface area contributed by atoms with Crippen LogP contribution in [0.5, 0.6) is 5.95 Å². The normalized spacial score (nSPS) is 10.9. The zero-order chi connectivity index (χ0) is 16.9. The summed E-state index contributed by atoms with van der Waals surface area (Å²) in [6.07, 6.45) is 1.48. The van der Waals surface area contributed by atoms with E-state index in [1.165, 1.54) is 13.1 Å². The number of carbonyl (C=O) groups is 1. The van der Waals surface area contributed by atoms with Crippen LogP contribution in [-0.4, -0.2) is 17.2 Å². The predicted molar refractivity (Wildman–Crippen MR) is 92.0 cm³/mol. The number of carbonyl (C=O) groups excluding carboxylic acids is 1. The van der Waals surface area contributed by atoms with Crippen LogP contribution in [0.1, 0.15) is 12.6 Å². The Morgan fingerprint density at radius 2 is 1.88 bits per heavy atom. The molecule has 2 aromatic carbocycles. The first-order valence-corrected chi connectivity index (χ1v) is 7.54. The van der Waals surface area contributed by atoms with Crippen molar-refractivity contribution in [2.24, 2.45) is 4.99 Å². The van der Waals surface area contributed by atoms with Crippen molar-refractivity contribution in [2.45, 2.75) is 6.92 Å². The van der Waals surface area contributed by atoms with Gasteiger partial charge < -0.3 is 9.15 Å². The third-order valence-electron chi connectivity index (χ3n) is 3.04. The van der Waals surface area contributed by atoms with Gasteiger partial charge in [-0.2, -0.15) is 0 Å². The van der Waals surface area contributed by atoms with E-state index in [4.69, 9.17) is 20.8 Å². The Kier molecular flexibility index (Phi) is 4.72. The molecule has 0 radical (unpaired) electrons. The molecule has 0 unspecified atom stereocenters. The summed E-state index contributed by atoms with van der Waals surface area (Å²) in [5, 5.41) is 0.627. The van der Waals surface area contributed by atoms with E-state index in [2.05, 4.69) is 9.98 Å². The lowest BCUT2D eigenvalue weighted by Crippen LogP contribution is -2.02. The van der Waals surface area contributed by atoms with Crippen molar-refractivity contribution in [1.82, 2.24) is 4.98 Å². The van der Waals surface area contributed by atoms with E-state index in [1.54, 1.807) is 24.3 Å². The van der Waals surface area contributed by atoms with Crippen molar-refractivity contribution in [1.29, 1.82) is 0 Å². The molecule has 0 N–H and O–H groups in total. The van der Waals surface area contributed by atoms with Gasteiger partial charge in [-0.15, -0.1) is 0 Å². The van der Waals surface area contributed by atoms with Gasteiger partial charge in [0.1, 0.15) is 0 Å². The molecule has 0 saturated carbocycles. The number of esters is 1. The molecule has 24 heavy (non-hydrogen) atoms. The average Bonchev–Trinajstić information content (AvgIpc) is 2.97. The van der Waals surface area contributed by atoms with Crippen LogP contribution < -0.4 is 4.74 Å². The molecule has 6 heteroatoms. The summed E-state index contributed by atoms with van der Waals surface area (Å²) in [6, 6.07) is 16.3. The summed E-state index contributed by atoms with van der Waals surface area (Å²) >= 11 is 5.85. The molecule has 0 saturated heterocycles. The number of halogens is 1. The molecular formula is C18H13ClN2O3. The maximum Gasteiger partial charge on any atom is 0.322 e. The fourth-order valence-corrected chi connectivity index (χ4v) is 2.10. The lowest BCUT2D eigenvalue weighted by atomic mass is 10.2. The molecule has 0 bridgehead atoms. The Hall–Kier alpha value is -2.92. The molecule has 120 valence electrons. The molecule has 3 rings (SSSR count). The standard InChI is InChI=1S/C18H13ClN2O3/c1-12(22)23-18-16(11-20-15-9-7-14(19)8-10-15)21-17(24-18)13-5-3-2-4-6-13/h2-11H,1H3. The molecule has 5 nitrogen and oxygen atoms in total. The highest BCUT2D eigenvalue weighted by molar-refractivity contribution is 6.30. The number of nitrogens with zero attached hydrogens (tertiary/aromatic N) is 2. The van der Waals surface area contributed by atoms with Crippen molar-refractivity contribution < 1.29 is 13.9 Å². The maximum absolute atomic E-state index is 11.3. The third kappa shape index (κ3) is 3.88. The second kappa shape index (κ2) is 7.10. The van der Waals surface area contributed by atoms with E-state index in [1.807, 2.05) is 30.3 Å². The van der Waals surface area contributed by atoms with Gasteiger partial charge in [0.25, 0.3) is 0 Å². The van der Waals surface area contributed by atoms with Gasteiger partial charge in [0.15, 0.2) is 5.69 Å². The minimum Gasteiger partial charge on any atom is -0.405 e. The Bertz CT molecular complexity index is 871. The number of ether oxygens (including phenoxy) is 1. The Morgan fingerprint density at radius 3 is 2.54 bits per heavy atom. The molecule has 3 aromatic rings. The van der Waals surface area contributed by atoms with Gasteiger partial charge in [0.05, 0.1) is 11.9 Å². The highest BCUT2D eigenvalue weighted by Crippen LogP contribution is 2.27. The van der Waals surface area contributed by atoms with Gasteiger partial charge in [-0.05, 0) is 36.4 Å². The van der Waals surface area contributed by atoms with E-state index in [9.17, 15) is 4.79 Å². The van der Waals surface area contributed by atoms with E-state index in [-0.39, 0.29) is 5.95 Å². The predicted octanol–water partition coefficient (Wildman–Crippen LogP) is 4.67. The Labute approximate surface area is 143 Å². The lowest BCUT2D eigenvalue weighted by molar-refractivity contribution is -0.133. The second-order valence-electron chi connectivity index (χ2n) is 4.89. The van der Waals surface area contributed by atoms with Crippen molar-refractivity contribution in [3.05, 3.63) is 65.3 Å². The van der Waals surface area contributed by atoms with E-state index in [0.717, 1.165) is 5.56 Å². The topological polar surface area (TPSA) is 64.7 Å². The number of oxazole rings is 1. The van der Waals surface area contributed by atoms with Crippen LogP contribution in [0.25, 0.3) is 11.5 Å². The summed E-state index contributed by atoms with van der Waals surface area (Å²) in [6.45, 7) is 1.30. The summed E-state index contributed by atoms with van der Waals surface area (Å²) in [4.78, 5) is 19.9. The minimum absolute atomic E-state index is 0.0130. The minimum atomic E-state index is -0.494. The fourth-order valence-electron chi connectivity index (χ4n) is 1.97. The summed E-state index contributed by atoms with van der Waals surface area (Å²) in [5.41, 5.74) is 1.80.